The highest BCUT2D eigenvalue weighted by atomic mass is 16.5. The lowest BCUT2D eigenvalue weighted by molar-refractivity contribution is 0.117. The molecule has 0 radical (unpaired) electrons. The van der Waals surface area contributed by atoms with Crippen LogP contribution >= 0.6 is 0 Å². The van der Waals surface area contributed by atoms with E-state index in [9.17, 15) is 4.79 Å². The summed E-state index contributed by atoms with van der Waals surface area (Å²) in [5.74, 6) is 1.07. The van der Waals surface area contributed by atoms with Crippen LogP contribution in [0.2, 0.25) is 0 Å². The Morgan fingerprint density at radius 2 is 1.92 bits per heavy atom. The third-order valence-electron chi connectivity index (χ3n) is 3.51. The number of aryl methyl sites for hydroxylation is 1. The first kappa shape index (κ1) is 16.1. The van der Waals surface area contributed by atoms with Crippen molar-refractivity contribution in [3.8, 4) is 0 Å². The molecule has 3 rings (SSSR count). The molecular formula is C18H19N3O3. The van der Waals surface area contributed by atoms with Crippen LogP contribution in [0.25, 0.3) is 0 Å². The van der Waals surface area contributed by atoms with Crippen molar-refractivity contribution in [2.24, 2.45) is 0 Å². The zero-order chi connectivity index (χ0) is 16.6. The van der Waals surface area contributed by atoms with E-state index in [-0.39, 0.29) is 5.56 Å². The number of benzene rings is 1. The number of rotatable bonds is 8. The number of hydrogen-bond acceptors (Lipinski definition) is 5. The van der Waals surface area contributed by atoms with E-state index in [4.69, 9.17) is 9.26 Å². The Morgan fingerprint density at radius 1 is 1.08 bits per heavy atom. The van der Waals surface area contributed by atoms with Gasteiger partial charge < -0.3 is 13.8 Å². The van der Waals surface area contributed by atoms with Crippen molar-refractivity contribution in [2.45, 2.75) is 26.0 Å². The maximum atomic E-state index is 11.7. The molecule has 24 heavy (non-hydrogen) atoms. The van der Waals surface area contributed by atoms with Gasteiger partial charge in [0, 0.05) is 25.3 Å². The molecule has 0 saturated heterocycles. The quantitative estimate of drug-likeness (QED) is 0.595. The average molecular weight is 325 g/mol. The number of aromatic nitrogens is 3. The Hall–Kier alpha value is -2.73. The summed E-state index contributed by atoms with van der Waals surface area (Å²) < 4.78 is 12.4. The molecule has 3 aromatic rings. The molecule has 0 unspecified atom stereocenters. The summed E-state index contributed by atoms with van der Waals surface area (Å²) in [7, 11) is 0. The minimum absolute atomic E-state index is 0.0850. The standard InChI is InChI=1S/C18H19N3O3/c22-18-10-4-5-11-21(18)13-16-19-17(24-20-16)9-6-12-23-14-15-7-2-1-3-8-15/h1-5,7-8,10-11H,6,9,12-14H2. The van der Waals surface area contributed by atoms with Gasteiger partial charge in [-0.25, -0.2) is 0 Å². The molecule has 0 aliphatic rings. The molecule has 0 amide bonds. The molecule has 6 nitrogen and oxygen atoms in total. The van der Waals surface area contributed by atoms with Crippen LogP contribution in [0.3, 0.4) is 0 Å². The molecule has 1 aromatic carbocycles. The molecule has 0 N–H and O–H groups in total. The normalized spacial score (nSPS) is 10.8. The van der Waals surface area contributed by atoms with Gasteiger partial charge in [0.1, 0.15) is 0 Å². The van der Waals surface area contributed by atoms with E-state index in [0.717, 1.165) is 12.0 Å². The van der Waals surface area contributed by atoms with Gasteiger partial charge in [0.15, 0.2) is 5.82 Å². The highest BCUT2D eigenvalue weighted by molar-refractivity contribution is 5.13. The predicted molar refractivity (Wildman–Crippen MR) is 88.5 cm³/mol. The van der Waals surface area contributed by atoms with E-state index in [0.29, 0.717) is 37.9 Å². The van der Waals surface area contributed by atoms with Crippen LogP contribution in [0.5, 0.6) is 0 Å². The van der Waals surface area contributed by atoms with Crippen LogP contribution in [-0.2, 0) is 24.3 Å². The fourth-order valence-corrected chi connectivity index (χ4v) is 2.29. The van der Waals surface area contributed by atoms with Gasteiger partial charge >= 0.3 is 0 Å². The van der Waals surface area contributed by atoms with E-state index in [1.54, 1.807) is 18.3 Å². The molecule has 0 bridgehead atoms. The molecule has 0 fully saturated rings. The molecule has 0 saturated carbocycles. The lowest BCUT2D eigenvalue weighted by Crippen LogP contribution is -2.18. The lowest BCUT2D eigenvalue weighted by atomic mass is 10.2. The van der Waals surface area contributed by atoms with Gasteiger partial charge in [0.05, 0.1) is 13.2 Å². The largest absolute Gasteiger partial charge is 0.377 e. The summed E-state index contributed by atoms with van der Waals surface area (Å²) in [5, 5.41) is 3.91. The van der Waals surface area contributed by atoms with Crippen molar-refractivity contribution in [3.63, 3.8) is 0 Å². The highest BCUT2D eigenvalue weighted by Crippen LogP contribution is 2.04. The van der Waals surface area contributed by atoms with Crippen LogP contribution in [-0.4, -0.2) is 21.3 Å². The van der Waals surface area contributed by atoms with Crippen molar-refractivity contribution in [1.82, 2.24) is 14.7 Å². The molecule has 0 atom stereocenters. The first-order chi connectivity index (χ1) is 11.8. The molecule has 0 aliphatic carbocycles. The summed E-state index contributed by atoms with van der Waals surface area (Å²) in [6, 6.07) is 15.1. The maximum Gasteiger partial charge on any atom is 0.250 e. The van der Waals surface area contributed by atoms with E-state index < -0.39 is 0 Å². The van der Waals surface area contributed by atoms with E-state index in [1.165, 1.54) is 10.6 Å². The summed E-state index contributed by atoms with van der Waals surface area (Å²) in [6.45, 7) is 1.55. The smallest absolute Gasteiger partial charge is 0.250 e. The molecule has 124 valence electrons. The Kier molecular flexibility index (Phi) is 5.52. The SMILES string of the molecule is O=c1ccccn1Cc1noc(CCCOCc2ccccc2)n1. The fraction of sp³-hybridized carbons (Fsp3) is 0.278. The average Bonchev–Trinajstić information content (AvgIpc) is 3.05. The van der Waals surface area contributed by atoms with E-state index in [2.05, 4.69) is 10.1 Å². The highest BCUT2D eigenvalue weighted by Gasteiger charge is 2.07. The van der Waals surface area contributed by atoms with E-state index in [1.807, 2.05) is 30.3 Å². The monoisotopic (exact) mass is 325 g/mol. The second-order valence-corrected chi connectivity index (χ2v) is 5.41. The number of hydrogen-bond donors (Lipinski definition) is 0. The van der Waals surface area contributed by atoms with Crippen molar-refractivity contribution >= 4 is 0 Å². The van der Waals surface area contributed by atoms with Crippen molar-refractivity contribution < 1.29 is 9.26 Å². The second-order valence-electron chi connectivity index (χ2n) is 5.41. The Balaban J connectivity index is 1.41. The van der Waals surface area contributed by atoms with Crippen LogP contribution < -0.4 is 5.56 Å². The van der Waals surface area contributed by atoms with Gasteiger partial charge in [-0.1, -0.05) is 41.6 Å². The van der Waals surface area contributed by atoms with Crippen LogP contribution in [0.15, 0.2) is 64.0 Å². The van der Waals surface area contributed by atoms with Gasteiger partial charge in [0.25, 0.3) is 5.56 Å². The number of ether oxygens (including phenoxy) is 1. The summed E-state index contributed by atoms with van der Waals surface area (Å²) >= 11 is 0. The third-order valence-corrected chi connectivity index (χ3v) is 3.51. The van der Waals surface area contributed by atoms with Crippen molar-refractivity contribution in [1.29, 1.82) is 0 Å². The first-order valence-corrected chi connectivity index (χ1v) is 7.90. The Labute approximate surface area is 139 Å². The van der Waals surface area contributed by atoms with Crippen molar-refractivity contribution in [3.05, 3.63) is 82.4 Å². The van der Waals surface area contributed by atoms with Gasteiger partial charge in [-0.2, -0.15) is 4.98 Å². The minimum atomic E-state index is -0.0850. The summed E-state index contributed by atoms with van der Waals surface area (Å²) in [4.78, 5) is 16.0. The Bertz CT molecular complexity index is 811. The topological polar surface area (TPSA) is 70.2 Å². The molecule has 0 spiro atoms. The Morgan fingerprint density at radius 3 is 2.75 bits per heavy atom. The second kappa shape index (κ2) is 8.21. The van der Waals surface area contributed by atoms with Crippen LogP contribution in [0.1, 0.15) is 23.7 Å². The number of nitrogens with zero attached hydrogens (tertiary/aromatic N) is 3. The van der Waals surface area contributed by atoms with E-state index >= 15 is 0 Å². The molecule has 2 aromatic heterocycles. The molecule has 6 heteroatoms. The van der Waals surface area contributed by atoms with Crippen molar-refractivity contribution in [2.75, 3.05) is 6.61 Å². The first-order valence-electron chi connectivity index (χ1n) is 7.90. The van der Waals surface area contributed by atoms with Crippen LogP contribution in [0.4, 0.5) is 0 Å². The predicted octanol–water partition coefficient (Wildman–Crippen LogP) is 2.43. The molecule has 0 aliphatic heterocycles. The van der Waals surface area contributed by atoms with Gasteiger partial charge in [-0.3, -0.25) is 4.79 Å². The zero-order valence-corrected chi connectivity index (χ0v) is 13.3. The number of pyridine rings is 1. The fourth-order valence-electron chi connectivity index (χ4n) is 2.29. The lowest BCUT2D eigenvalue weighted by Gasteiger charge is -2.02. The van der Waals surface area contributed by atoms with Gasteiger partial charge in [0.2, 0.25) is 5.89 Å². The van der Waals surface area contributed by atoms with Gasteiger partial charge in [-0.05, 0) is 18.1 Å². The maximum absolute atomic E-state index is 11.7. The molecular weight excluding hydrogens is 306 g/mol. The third kappa shape index (κ3) is 4.63. The van der Waals surface area contributed by atoms with Gasteiger partial charge in [-0.15, -0.1) is 0 Å². The molecule has 2 heterocycles. The summed E-state index contributed by atoms with van der Waals surface area (Å²) in [5.41, 5.74) is 1.07. The minimum Gasteiger partial charge on any atom is -0.377 e. The summed E-state index contributed by atoms with van der Waals surface area (Å²) in [6.07, 6.45) is 3.17. The van der Waals surface area contributed by atoms with Crippen LogP contribution in [0, 0.1) is 0 Å². The zero-order valence-electron chi connectivity index (χ0n) is 13.3.